The fourth-order valence-corrected chi connectivity index (χ4v) is 7.46. The van der Waals surface area contributed by atoms with Crippen LogP contribution in [0.25, 0.3) is 0 Å². The highest BCUT2D eigenvalue weighted by atomic mass is 79.9. The number of hydrogen-bond acceptors (Lipinski definition) is 4. The first-order valence-electron chi connectivity index (χ1n) is 15.4. The monoisotopic (exact) mass is 705 g/mol. The highest BCUT2D eigenvalue weighted by Gasteiger charge is 2.35. The van der Waals surface area contributed by atoms with E-state index in [1.165, 1.54) is 23.1 Å². The quantitative estimate of drug-likeness (QED) is 0.174. The summed E-state index contributed by atoms with van der Waals surface area (Å²) in [6.07, 6.45) is 4.98. The van der Waals surface area contributed by atoms with Crippen LogP contribution in [-0.4, -0.2) is 43.8 Å². The van der Waals surface area contributed by atoms with Crippen molar-refractivity contribution >= 4 is 43.5 Å². The number of benzene rings is 4. The van der Waals surface area contributed by atoms with Crippen molar-refractivity contribution in [1.82, 2.24) is 10.2 Å². The third-order valence-corrected chi connectivity index (χ3v) is 10.6. The molecule has 1 aliphatic carbocycles. The summed E-state index contributed by atoms with van der Waals surface area (Å²) >= 11 is 3.39. The lowest BCUT2D eigenvalue weighted by Crippen LogP contribution is -2.55. The van der Waals surface area contributed by atoms with Gasteiger partial charge in [-0.25, -0.2) is 12.8 Å². The minimum absolute atomic E-state index is 0.0160. The Morgan fingerprint density at radius 2 is 1.43 bits per heavy atom. The molecule has 1 N–H and O–H groups in total. The van der Waals surface area contributed by atoms with Crippen molar-refractivity contribution < 1.29 is 22.4 Å². The van der Waals surface area contributed by atoms with Gasteiger partial charge in [-0.15, -0.1) is 0 Å². The van der Waals surface area contributed by atoms with E-state index in [1.807, 2.05) is 30.3 Å². The lowest BCUT2D eigenvalue weighted by Gasteiger charge is -2.35. The first-order chi connectivity index (χ1) is 22.2. The van der Waals surface area contributed by atoms with Gasteiger partial charge in [-0.05, 0) is 60.9 Å². The summed E-state index contributed by atoms with van der Waals surface area (Å²) in [6.45, 7) is -0.823. The first kappa shape index (κ1) is 33.3. The van der Waals surface area contributed by atoms with E-state index in [-0.39, 0.29) is 41.1 Å². The number of nitrogens with one attached hydrogen (secondary N) is 1. The minimum Gasteiger partial charge on any atom is -0.352 e. The van der Waals surface area contributed by atoms with Crippen LogP contribution in [0.3, 0.4) is 0 Å². The van der Waals surface area contributed by atoms with E-state index < -0.39 is 34.3 Å². The summed E-state index contributed by atoms with van der Waals surface area (Å²) < 4.78 is 45.0. The largest absolute Gasteiger partial charge is 0.352 e. The van der Waals surface area contributed by atoms with Crippen LogP contribution in [0.4, 0.5) is 10.1 Å². The van der Waals surface area contributed by atoms with E-state index >= 15 is 4.39 Å². The molecule has 0 bridgehead atoms. The number of rotatable bonds is 12. The summed E-state index contributed by atoms with van der Waals surface area (Å²) in [5.74, 6) is -1.50. The summed E-state index contributed by atoms with van der Waals surface area (Å²) in [6, 6.07) is 28.9. The molecule has 10 heteroatoms. The van der Waals surface area contributed by atoms with Crippen molar-refractivity contribution in [2.24, 2.45) is 0 Å². The molecule has 0 heterocycles. The van der Waals surface area contributed by atoms with Gasteiger partial charge in [0.05, 0.1) is 10.6 Å². The van der Waals surface area contributed by atoms with Crippen LogP contribution in [-0.2, 0) is 32.6 Å². The maximum Gasteiger partial charge on any atom is 0.264 e. The summed E-state index contributed by atoms with van der Waals surface area (Å²) in [4.78, 5) is 30.0. The van der Waals surface area contributed by atoms with Gasteiger partial charge in [0.2, 0.25) is 11.8 Å². The van der Waals surface area contributed by atoms with Crippen molar-refractivity contribution in [3.05, 3.63) is 131 Å². The zero-order valence-electron chi connectivity index (χ0n) is 25.4. The molecule has 0 saturated heterocycles. The number of nitrogens with zero attached hydrogens (tertiary/aromatic N) is 2. The lowest BCUT2D eigenvalue weighted by molar-refractivity contribution is -0.140. The fraction of sp³-hybridized carbons (Fsp3) is 0.278. The topological polar surface area (TPSA) is 86.8 Å². The highest BCUT2D eigenvalue weighted by molar-refractivity contribution is 9.10. The third-order valence-electron chi connectivity index (χ3n) is 8.25. The molecule has 4 aromatic rings. The maximum atomic E-state index is 15.1. The minimum atomic E-state index is -4.21. The zero-order valence-corrected chi connectivity index (χ0v) is 27.8. The van der Waals surface area contributed by atoms with Crippen LogP contribution in [0.1, 0.15) is 43.2 Å². The number of carbonyl (C=O) groups is 2. The molecule has 7 nitrogen and oxygen atoms in total. The van der Waals surface area contributed by atoms with Gasteiger partial charge in [-0.3, -0.25) is 13.9 Å². The molecular formula is C36H37BrFN3O4S. The summed E-state index contributed by atoms with van der Waals surface area (Å²) in [7, 11) is -4.21. The number of halogens is 2. The molecule has 240 valence electrons. The highest BCUT2D eigenvalue weighted by Crippen LogP contribution is 2.27. The molecular weight excluding hydrogens is 669 g/mol. The van der Waals surface area contributed by atoms with Crippen LogP contribution in [0.5, 0.6) is 0 Å². The van der Waals surface area contributed by atoms with E-state index in [0.29, 0.717) is 0 Å². The van der Waals surface area contributed by atoms with Crippen molar-refractivity contribution in [2.45, 2.75) is 62.0 Å². The van der Waals surface area contributed by atoms with Gasteiger partial charge in [0.15, 0.2) is 0 Å². The zero-order chi connectivity index (χ0) is 32.5. The standard InChI is InChI=1S/C36H37BrFN3O4S/c37-29-20-22-31(23-21-29)41(46(44,45)32-17-8-3-9-18-32)26-35(42)40(25-28-14-10-11-19-33(28)38)34(24-27-12-4-1-5-13-27)36(43)39-30-15-6-2-7-16-30/h1,3-5,8-14,17-23,30,34H,2,6-7,15-16,24-26H2,(H,39,43)/t34-/m0/s1. The van der Waals surface area contributed by atoms with Crippen molar-refractivity contribution in [2.75, 3.05) is 10.8 Å². The fourth-order valence-electron chi connectivity index (χ4n) is 5.76. The average Bonchev–Trinajstić information content (AvgIpc) is 3.07. The van der Waals surface area contributed by atoms with Crippen LogP contribution < -0.4 is 9.62 Å². The Bertz CT molecular complexity index is 1720. The van der Waals surface area contributed by atoms with Gasteiger partial charge in [-0.1, -0.05) is 102 Å². The number of anilines is 1. The van der Waals surface area contributed by atoms with Gasteiger partial charge < -0.3 is 10.2 Å². The van der Waals surface area contributed by atoms with Gasteiger partial charge in [0.25, 0.3) is 10.0 Å². The molecule has 0 radical (unpaired) electrons. The van der Waals surface area contributed by atoms with Crippen LogP contribution in [0, 0.1) is 5.82 Å². The molecule has 2 amide bonds. The normalized spacial score (nSPS) is 14.3. The Kier molecular flexibility index (Phi) is 11.2. The van der Waals surface area contributed by atoms with Crippen LogP contribution in [0.2, 0.25) is 0 Å². The molecule has 1 saturated carbocycles. The Morgan fingerprint density at radius 1 is 0.826 bits per heavy atom. The van der Waals surface area contributed by atoms with Crippen LogP contribution in [0.15, 0.2) is 119 Å². The Balaban J connectivity index is 1.56. The van der Waals surface area contributed by atoms with Gasteiger partial charge in [0.1, 0.15) is 18.4 Å². The summed E-state index contributed by atoms with van der Waals surface area (Å²) in [5, 5.41) is 3.16. The van der Waals surface area contributed by atoms with Crippen molar-refractivity contribution in [3.8, 4) is 0 Å². The molecule has 1 fully saturated rings. The average molecular weight is 707 g/mol. The number of hydrogen-bond donors (Lipinski definition) is 1. The van der Waals surface area contributed by atoms with E-state index in [4.69, 9.17) is 0 Å². The van der Waals surface area contributed by atoms with E-state index in [2.05, 4.69) is 21.2 Å². The Morgan fingerprint density at radius 3 is 2.09 bits per heavy atom. The molecule has 0 aliphatic heterocycles. The number of sulfonamides is 1. The van der Waals surface area contributed by atoms with Crippen LogP contribution >= 0.6 is 15.9 Å². The van der Waals surface area contributed by atoms with Gasteiger partial charge in [0, 0.05) is 29.0 Å². The second kappa shape index (κ2) is 15.5. The van der Waals surface area contributed by atoms with E-state index in [0.717, 1.165) is 46.4 Å². The third kappa shape index (κ3) is 8.41. The van der Waals surface area contributed by atoms with E-state index in [9.17, 15) is 18.0 Å². The Labute approximate surface area is 278 Å². The predicted octanol–water partition coefficient (Wildman–Crippen LogP) is 6.87. The SMILES string of the molecule is O=C(NC1CCCCC1)[C@H](Cc1ccccc1)N(Cc1ccccc1F)C(=O)CN(c1ccc(Br)cc1)S(=O)(=O)c1ccccc1. The second-order valence-electron chi connectivity index (χ2n) is 11.5. The number of carbonyl (C=O) groups excluding carboxylic acids is 2. The van der Waals surface area contributed by atoms with Crippen molar-refractivity contribution in [3.63, 3.8) is 0 Å². The molecule has 0 unspecified atom stereocenters. The first-order valence-corrected chi connectivity index (χ1v) is 17.7. The molecule has 1 aliphatic rings. The molecule has 5 rings (SSSR count). The van der Waals surface area contributed by atoms with Crippen molar-refractivity contribution in [1.29, 1.82) is 0 Å². The molecule has 0 aromatic heterocycles. The van der Waals surface area contributed by atoms with Gasteiger partial charge >= 0.3 is 0 Å². The molecule has 4 aromatic carbocycles. The second-order valence-corrected chi connectivity index (χ2v) is 14.2. The number of amides is 2. The molecule has 0 spiro atoms. The summed E-state index contributed by atoms with van der Waals surface area (Å²) in [5.41, 5.74) is 1.32. The Hall–Kier alpha value is -4.02. The molecule has 1 atom stereocenters. The lowest BCUT2D eigenvalue weighted by atomic mass is 9.94. The smallest absolute Gasteiger partial charge is 0.264 e. The van der Waals surface area contributed by atoms with E-state index in [1.54, 1.807) is 60.7 Å². The van der Waals surface area contributed by atoms with Gasteiger partial charge in [-0.2, -0.15) is 0 Å². The predicted molar refractivity (Wildman–Crippen MR) is 181 cm³/mol. The molecule has 46 heavy (non-hydrogen) atoms. The maximum absolute atomic E-state index is 15.1.